The van der Waals surface area contributed by atoms with Gasteiger partial charge in [0, 0.05) is 41.4 Å². The number of rotatable bonds is 11. The summed E-state index contributed by atoms with van der Waals surface area (Å²) in [6.07, 6.45) is 4.87. The largest absolute Gasteiger partial charge is 0.469 e. The number of fused-ring (bicyclic) bond motifs is 1. The maximum absolute atomic E-state index is 12.6. The lowest BCUT2D eigenvalue weighted by Gasteiger charge is -2.27. The summed E-state index contributed by atoms with van der Waals surface area (Å²) < 4.78 is 10.2. The van der Waals surface area contributed by atoms with Crippen molar-refractivity contribution in [3.63, 3.8) is 0 Å². The molecule has 3 aromatic rings. The highest BCUT2D eigenvalue weighted by Gasteiger charge is 2.19. The van der Waals surface area contributed by atoms with Crippen molar-refractivity contribution in [2.45, 2.75) is 17.4 Å². The van der Waals surface area contributed by atoms with Crippen LogP contribution in [0.15, 0.2) is 54.6 Å². The molecule has 1 saturated heterocycles. The number of esters is 1. The molecule has 0 spiro atoms. The van der Waals surface area contributed by atoms with Crippen LogP contribution in [0.3, 0.4) is 0 Å². The quantitative estimate of drug-likeness (QED) is 0.197. The molecule has 0 aliphatic carbocycles. The molecule has 200 valence electrons. The number of amides is 1. The average molecular weight is 571 g/mol. The molecule has 0 N–H and O–H groups in total. The van der Waals surface area contributed by atoms with Crippen LogP contribution in [0.2, 0.25) is 5.02 Å². The minimum atomic E-state index is -0.218. The Bertz CT molecular complexity index is 1280. The van der Waals surface area contributed by atoms with Crippen LogP contribution in [0.4, 0.5) is 0 Å². The molecular weight excluding hydrogens is 540 g/mol. The van der Waals surface area contributed by atoms with Crippen LogP contribution in [-0.4, -0.2) is 66.7 Å². The van der Waals surface area contributed by atoms with E-state index in [1.54, 1.807) is 23.5 Å². The van der Waals surface area contributed by atoms with Gasteiger partial charge in [-0.3, -0.25) is 9.59 Å². The van der Waals surface area contributed by atoms with E-state index >= 15 is 0 Å². The number of hydrogen-bond donors (Lipinski definition) is 0. The number of halogens is 1. The highest BCUT2D eigenvalue weighted by Crippen LogP contribution is 2.40. The lowest BCUT2D eigenvalue weighted by Crippen LogP contribution is -2.40. The third kappa shape index (κ3) is 8.50. The molecule has 9 heteroatoms. The molecule has 0 saturated carbocycles. The number of nitrogens with zero attached hydrogens (tertiary/aromatic N) is 2. The van der Waals surface area contributed by atoms with Crippen LogP contribution in [0.25, 0.3) is 23.1 Å². The number of ether oxygens (including phenoxy) is 2. The Labute approximate surface area is 237 Å². The van der Waals surface area contributed by atoms with Crippen molar-refractivity contribution in [1.82, 2.24) is 9.88 Å². The van der Waals surface area contributed by atoms with E-state index in [1.165, 1.54) is 7.11 Å². The van der Waals surface area contributed by atoms with Crippen molar-refractivity contribution in [3.8, 4) is 0 Å². The summed E-state index contributed by atoms with van der Waals surface area (Å²) in [5.74, 6) is 1.30. The molecule has 1 fully saturated rings. The molecule has 4 rings (SSSR count). The summed E-state index contributed by atoms with van der Waals surface area (Å²) in [7, 11) is 1.41. The number of morpholine rings is 1. The summed E-state index contributed by atoms with van der Waals surface area (Å²) in [5.41, 5.74) is 3.91. The molecule has 2 aromatic carbocycles. The van der Waals surface area contributed by atoms with Crippen LogP contribution in [0, 0.1) is 0 Å². The second kappa shape index (κ2) is 14.6. The van der Waals surface area contributed by atoms with E-state index in [-0.39, 0.29) is 16.5 Å². The Morgan fingerprint density at radius 2 is 1.82 bits per heavy atom. The molecule has 1 aromatic heterocycles. The fourth-order valence-corrected chi connectivity index (χ4v) is 6.82. The second-order valence-corrected chi connectivity index (χ2v) is 11.9. The van der Waals surface area contributed by atoms with Gasteiger partial charge in [0.25, 0.3) is 0 Å². The van der Waals surface area contributed by atoms with Crippen LogP contribution in [0.5, 0.6) is 0 Å². The summed E-state index contributed by atoms with van der Waals surface area (Å²) in [6, 6.07) is 18.1. The molecule has 6 nitrogen and oxygen atoms in total. The molecule has 38 heavy (non-hydrogen) atoms. The normalized spacial score (nSPS) is 14.6. The van der Waals surface area contributed by atoms with Gasteiger partial charge in [0.05, 0.1) is 42.5 Å². The molecule has 1 unspecified atom stereocenters. The molecule has 0 radical (unpaired) electrons. The van der Waals surface area contributed by atoms with E-state index in [1.807, 2.05) is 53.5 Å². The lowest BCUT2D eigenvalue weighted by molar-refractivity contribution is -0.140. The molecule has 1 amide bonds. The van der Waals surface area contributed by atoms with E-state index in [2.05, 4.69) is 18.2 Å². The maximum atomic E-state index is 12.6. The number of methoxy groups -OCH3 is 1. The Morgan fingerprint density at radius 3 is 2.61 bits per heavy atom. The SMILES string of the molecule is COC(=O)CCSC(SCCC(=O)N1CCOCC1)c1cccc(/C=C/c2ccc3ccc(Cl)cc3n2)c1. The van der Waals surface area contributed by atoms with E-state index in [0.29, 0.717) is 55.7 Å². The Kier molecular flexibility index (Phi) is 10.9. The predicted octanol–water partition coefficient (Wildman–Crippen LogP) is 6.34. The summed E-state index contributed by atoms with van der Waals surface area (Å²) in [5, 5.41) is 1.71. The van der Waals surface area contributed by atoms with Crippen LogP contribution in [-0.2, 0) is 19.1 Å². The number of benzene rings is 2. The van der Waals surface area contributed by atoms with E-state index in [4.69, 9.17) is 26.1 Å². The first-order chi connectivity index (χ1) is 18.5. The van der Waals surface area contributed by atoms with E-state index < -0.39 is 0 Å². The highest BCUT2D eigenvalue weighted by molar-refractivity contribution is 8.16. The number of carbonyl (C=O) groups excluding carboxylic acids is 2. The molecule has 2 heterocycles. The molecule has 1 aliphatic rings. The number of pyridine rings is 1. The smallest absolute Gasteiger partial charge is 0.306 e. The van der Waals surface area contributed by atoms with Gasteiger partial charge in [-0.05, 0) is 41.5 Å². The van der Waals surface area contributed by atoms with Crippen LogP contribution in [0.1, 0.15) is 34.2 Å². The maximum Gasteiger partial charge on any atom is 0.306 e. The summed E-state index contributed by atoms with van der Waals surface area (Å²) in [6.45, 7) is 2.53. The van der Waals surface area contributed by atoms with Crippen molar-refractivity contribution in [2.24, 2.45) is 0 Å². The van der Waals surface area contributed by atoms with Gasteiger partial charge in [-0.1, -0.05) is 48.0 Å². The van der Waals surface area contributed by atoms with Gasteiger partial charge in [0.15, 0.2) is 0 Å². The zero-order valence-corrected chi connectivity index (χ0v) is 23.7. The van der Waals surface area contributed by atoms with Gasteiger partial charge in [0.2, 0.25) is 5.91 Å². The number of thioether (sulfide) groups is 2. The topological polar surface area (TPSA) is 68.7 Å². The predicted molar refractivity (Wildman–Crippen MR) is 158 cm³/mol. The zero-order chi connectivity index (χ0) is 26.7. The second-order valence-electron chi connectivity index (χ2n) is 8.72. The standard InChI is InChI=1S/C29H31ClN2O4S2/c1-35-28(34)12-18-38-29(37-17-11-27(33)32-13-15-36-16-14-32)23-4-2-3-21(19-23)5-9-25-10-7-22-6-8-24(30)20-26(22)31-25/h2-10,19-20,29H,11-18H2,1H3/b9-5+. The minimum absolute atomic E-state index is 0.0893. The number of carbonyl (C=O) groups is 2. The molecular formula is C29H31ClN2O4S2. The Hall–Kier alpha value is -2.52. The van der Waals surface area contributed by atoms with Crippen molar-refractivity contribution < 1.29 is 19.1 Å². The summed E-state index contributed by atoms with van der Waals surface area (Å²) >= 11 is 9.57. The number of aromatic nitrogens is 1. The fraction of sp³-hybridized carbons (Fsp3) is 0.345. The minimum Gasteiger partial charge on any atom is -0.469 e. The first-order valence-corrected chi connectivity index (χ1v) is 15.0. The van der Waals surface area contributed by atoms with Crippen molar-refractivity contribution in [1.29, 1.82) is 0 Å². The molecule has 0 bridgehead atoms. The van der Waals surface area contributed by atoms with E-state index in [9.17, 15) is 9.59 Å². The Morgan fingerprint density at radius 1 is 1.05 bits per heavy atom. The van der Waals surface area contributed by atoms with Gasteiger partial charge in [-0.25, -0.2) is 4.98 Å². The average Bonchev–Trinajstić information content (AvgIpc) is 2.95. The third-order valence-electron chi connectivity index (χ3n) is 6.06. The first-order valence-electron chi connectivity index (χ1n) is 12.5. The van der Waals surface area contributed by atoms with Gasteiger partial charge in [0.1, 0.15) is 0 Å². The van der Waals surface area contributed by atoms with Crippen molar-refractivity contribution >= 4 is 70.1 Å². The zero-order valence-electron chi connectivity index (χ0n) is 21.3. The monoisotopic (exact) mass is 570 g/mol. The van der Waals surface area contributed by atoms with Crippen molar-refractivity contribution in [3.05, 3.63) is 76.4 Å². The molecule has 1 aliphatic heterocycles. The van der Waals surface area contributed by atoms with Crippen LogP contribution >= 0.6 is 35.1 Å². The highest BCUT2D eigenvalue weighted by atomic mass is 35.5. The van der Waals surface area contributed by atoms with Gasteiger partial charge in [-0.2, -0.15) is 0 Å². The third-order valence-corrected chi connectivity index (χ3v) is 9.14. The number of hydrogen-bond acceptors (Lipinski definition) is 7. The van der Waals surface area contributed by atoms with Crippen molar-refractivity contribution in [2.75, 3.05) is 44.9 Å². The van der Waals surface area contributed by atoms with Gasteiger partial charge < -0.3 is 14.4 Å². The van der Waals surface area contributed by atoms with E-state index in [0.717, 1.165) is 27.7 Å². The Balaban J connectivity index is 1.43. The fourth-order valence-electron chi connectivity index (χ4n) is 4.01. The van der Waals surface area contributed by atoms with Gasteiger partial charge >= 0.3 is 5.97 Å². The lowest BCUT2D eigenvalue weighted by atomic mass is 10.1. The summed E-state index contributed by atoms with van der Waals surface area (Å²) in [4.78, 5) is 30.8. The van der Waals surface area contributed by atoms with Gasteiger partial charge in [-0.15, -0.1) is 23.5 Å². The van der Waals surface area contributed by atoms with Crippen LogP contribution < -0.4 is 0 Å². The molecule has 1 atom stereocenters. The first kappa shape index (κ1) is 28.5.